The summed E-state index contributed by atoms with van der Waals surface area (Å²) in [5.41, 5.74) is 5.06. The average molecular weight is 654 g/mol. The van der Waals surface area contributed by atoms with Gasteiger partial charge in [0.25, 0.3) is 0 Å². The van der Waals surface area contributed by atoms with Gasteiger partial charge in [0.05, 0.1) is 14.3 Å². The van der Waals surface area contributed by atoms with Gasteiger partial charge in [0.2, 0.25) is 0 Å². The van der Waals surface area contributed by atoms with E-state index >= 15 is 0 Å². The summed E-state index contributed by atoms with van der Waals surface area (Å²) in [7, 11) is 0. The topological polar surface area (TPSA) is 63.8 Å². The molecule has 0 saturated heterocycles. The highest BCUT2D eigenvalue weighted by molar-refractivity contribution is 14.1. The van der Waals surface area contributed by atoms with Crippen molar-refractivity contribution >= 4 is 77.5 Å². The van der Waals surface area contributed by atoms with Crippen molar-refractivity contribution in [3.8, 4) is 5.75 Å². The zero-order valence-corrected chi connectivity index (χ0v) is 21.3. The summed E-state index contributed by atoms with van der Waals surface area (Å²) in [6.45, 7) is 0.504. The van der Waals surface area contributed by atoms with E-state index in [4.69, 9.17) is 9.15 Å². The van der Waals surface area contributed by atoms with Gasteiger partial charge < -0.3 is 9.15 Å². The molecule has 0 unspecified atom stereocenters. The number of halogens is 3. The smallest absolute Gasteiger partial charge is 0.307 e. The first kappa shape index (κ1) is 22.0. The van der Waals surface area contributed by atoms with Crippen molar-refractivity contribution in [3.05, 3.63) is 96.1 Å². The van der Waals surface area contributed by atoms with E-state index in [1.54, 1.807) is 12.3 Å². The highest BCUT2D eigenvalue weighted by Gasteiger charge is 2.14. The molecule has 1 N–H and O–H groups in total. The molecule has 1 heterocycles. The molecule has 4 aromatic rings. The summed E-state index contributed by atoms with van der Waals surface area (Å²) < 4.78 is 14.1. The third kappa shape index (κ3) is 5.55. The van der Waals surface area contributed by atoms with Crippen LogP contribution in [-0.4, -0.2) is 12.1 Å². The maximum atomic E-state index is 12.4. The normalized spacial score (nSPS) is 11.2. The van der Waals surface area contributed by atoms with Gasteiger partial charge in [-0.25, -0.2) is 5.43 Å². The fourth-order valence-corrected chi connectivity index (χ4v) is 4.89. The summed E-state index contributed by atoms with van der Waals surface area (Å²) in [6.07, 6.45) is 1.58. The second-order valence-corrected chi connectivity index (χ2v) is 9.51. The molecule has 0 aliphatic heterocycles. The van der Waals surface area contributed by atoms with E-state index in [0.29, 0.717) is 12.2 Å². The minimum absolute atomic E-state index is 0.185. The van der Waals surface area contributed by atoms with E-state index in [0.717, 1.165) is 34.8 Å². The Labute approximate surface area is 209 Å². The first-order valence-corrected chi connectivity index (χ1v) is 11.8. The number of carbonyl (C=O) groups excluding carboxylic acids is 1. The average Bonchev–Trinajstić information content (AvgIpc) is 3.18. The number of fused-ring (bicyclic) bond motifs is 1. The number of carbonyl (C=O) groups is 1. The Morgan fingerprint density at radius 3 is 2.68 bits per heavy atom. The Kier molecular flexibility index (Phi) is 7.09. The van der Waals surface area contributed by atoms with Crippen molar-refractivity contribution < 1.29 is 13.9 Å². The second-order valence-electron chi connectivity index (χ2n) is 6.58. The number of hydrogen-bond acceptors (Lipinski definition) is 4. The molecular weight excluding hydrogens is 639 g/mol. The van der Waals surface area contributed by atoms with E-state index < -0.39 is 5.91 Å². The van der Waals surface area contributed by atoms with Crippen LogP contribution in [0.5, 0.6) is 5.75 Å². The van der Waals surface area contributed by atoms with E-state index in [1.807, 2.05) is 60.7 Å². The van der Waals surface area contributed by atoms with Gasteiger partial charge in [-0.1, -0.05) is 46.3 Å². The minimum Gasteiger partial charge on any atom is -0.488 e. The fourth-order valence-electron chi connectivity index (χ4n) is 2.86. The predicted octanol–water partition coefficient (Wildman–Crippen LogP) is 6.91. The Balaban J connectivity index is 1.39. The van der Waals surface area contributed by atoms with Crippen LogP contribution in [0, 0.1) is 3.57 Å². The molecular formula is C23H15Br2IN2O3. The van der Waals surface area contributed by atoms with Gasteiger partial charge in [-0.3, -0.25) is 4.79 Å². The Morgan fingerprint density at radius 1 is 1.10 bits per heavy atom. The summed E-state index contributed by atoms with van der Waals surface area (Å²) in [4.78, 5) is 12.4. The Bertz CT molecular complexity index is 1270. The van der Waals surface area contributed by atoms with Crippen molar-refractivity contribution in [2.45, 2.75) is 6.61 Å². The highest BCUT2D eigenvalue weighted by atomic mass is 127. The molecule has 4 rings (SSSR count). The summed E-state index contributed by atoms with van der Waals surface area (Å²) in [6, 6.07) is 21.1. The van der Waals surface area contributed by atoms with Crippen LogP contribution in [0.15, 0.2) is 85.2 Å². The molecule has 3 aromatic carbocycles. The zero-order chi connectivity index (χ0) is 21.8. The summed E-state index contributed by atoms with van der Waals surface area (Å²) in [5.74, 6) is 0.558. The molecule has 0 spiro atoms. The molecule has 156 valence electrons. The molecule has 0 aliphatic rings. The van der Waals surface area contributed by atoms with Crippen LogP contribution in [0.3, 0.4) is 0 Å². The van der Waals surface area contributed by atoms with Crippen LogP contribution in [-0.2, 0) is 6.61 Å². The van der Waals surface area contributed by atoms with Crippen molar-refractivity contribution in [1.29, 1.82) is 0 Å². The van der Waals surface area contributed by atoms with E-state index in [2.05, 4.69) is 65.0 Å². The van der Waals surface area contributed by atoms with Crippen LogP contribution in [0.2, 0.25) is 0 Å². The van der Waals surface area contributed by atoms with Gasteiger partial charge in [-0.2, -0.15) is 5.10 Å². The number of hydrogen-bond donors (Lipinski definition) is 1. The van der Waals surface area contributed by atoms with Crippen LogP contribution in [0.25, 0.3) is 11.0 Å². The van der Waals surface area contributed by atoms with Crippen molar-refractivity contribution in [1.82, 2.24) is 5.43 Å². The molecule has 0 radical (unpaired) electrons. The molecule has 0 saturated carbocycles. The van der Waals surface area contributed by atoms with Gasteiger partial charge in [-0.15, -0.1) is 0 Å². The molecule has 1 aromatic heterocycles. The molecule has 31 heavy (non-hydrogen) atoms. The molecule has 0 bridgehead atoms. The molecule has 0 fully saturated rings. The van der Waals surface area contributed by atoms with E-state index in [1.165, 1.54) is 0 Å². The van der Waals surface area contributed by atoms with E-state index in [9.17, 15) is 4.79 Å². The fraction of sp³-hybridized carbons (Fsp3) is 0.0435. The van der Waals surface area contributed by atoms with Gasteiger partial charge in [0, 0.05) is 9.86 Å². The lowest BCUT2D eigenvalue weighted by Crippen LogP contribution is -2.16. The van der Waals surface area contributed by atoms with Crippen LogP contribution in [0.1, 0.15) is 21.7 Å². The number of hydrazone groups is 1. The summed E-state index contributed by atoms with van der Waals surface area (Å²) in [5, 5.41) is 4.86. The maximum Gasteiger partial charge on any atom is 0.307 e. The Hall–Kier alpha value is -2.17. The van der Waals surface area contributed by atoms with Gasteiger partial charge in [0.15, 0.2) is 5.76 Å². The van der Waals surface area contributed by atoms with Crippen molar-refractivity contribution in [3.63, 3.8) is 0 Å². The van der Waals surface area contributed by atoms with Gasteiger partial charge in [-0.05, 0) is 86.0 Å². The molecule has 5 nitrogen and oxygen atoms in total. The lowest BCUT2D eigenvalue weighted by Gasteiger charge is -2.08. The standard InChI is InChI=1S/C23H15Br2IN2O3/c24-17-9-16-10-21(31-22(16)18(25)11-17)23(29)28-27-12-15-6-7-20(19(26)8-15)30-13-14-4-2-1-3-5-14/h1-12H,13H2,(H,28,29)/b27-12-. The maximum absolute atomic E-state index is 12.4. The van der Waals surface area contributed by atoms with Crippen LogP contribution in [0.4, 0.5) is 0 Å². The number of furan rings is 1. The SMILES string of the molecule is O=C(N/N=C\c1ccc(OCc2ccccc2)c(I)c1)c1cc2cc(Br)cc(Br)c2o1. The predicted molar refractivity (Wildman–Crippen MR) is 137 cm³/mol. The first-order chi connectivity index (χ1) is 15.0. The minimum atomic E-state index is -0.423. The monoisotopic (exact) mass is 652 g/mol. The van der Waals surface area contributed by atoms with Crippen molar-refractivity contribution in [2.75, 3.05) is 0 Å². The second kappa shape index (κ2) is 9.97. The number of rotatable bonds is 6. The zero-order valence-electron chi connectivity index (χ0n) is 15.9. The largest absolute Gasteiger partial charge is 0.488 e. The lowest BCUT2D eigenvalue weighted by atomic mass is 10.2. The quantitative estimate of drug-likeness (QED) is 0.140. The van der Waals surface area contributed by atoms with Gasteiger partial charge in [0.1, 0.15) is 17.9 Å². The third-order valence-electron chi connectivity index (χ3n) is 4.33. The van der Waals surface area contributed by atoms with Crippen LogP contribution < -0.4 is 10.2 Å². The molecule has 0 aliphatic carbocycles. The summed E-state index contributed by atoms with van der Waals surface area (Å²) >= 11 is 9.08. The highest BCUT2D eigenvalue weighted by Crippen LogP contribution is 2.31. The van der Waals surface area contributed by atoms with Crippen LogP contribution >= 0.6 is 54.5 Å². The number of amides is 1. The first-order valence-electron chi connectivity index (χ1n) is 9.18. The number of nitrogens with zero attached hydrogens (tertiary/aromatic N) is 1. The number of ether oxygens (including phenoxy) is 1. The molecule has 0 atom stereocenters. The third-order valence-corrected chi connectivity index (χ3v) is 6.22. The molecule has 1 amide bonds. The lowest BCUT2D eigenvalue weighted by molar-refractivity contribution is 0.0929. The van der Waals surface area contributed by atoms with E-state index in [-0.39, 0.29) is 5.76 Å². The number of nitrogens with one attached hydrogen (secondary N) is 1. The van der Waals surface area contributed by atoms with Gasteiger partial charge >= 0.3 is 5.91 Å². The molecule has 8 heteroatoms. The number of benzene rings is 3. The van der Waals surface area contributed by atoms with Crippen molar-refractivity contribution in [2.24, 2.45) is 5.10 Å². The Morgan fingerprint density at radius 2 is 1.90 bits per heavy atom.